The van der Waals surface area contributed by atoms with Gasteiger partial charge in [-0.25, -0.2) is 0 Å². The number of benzene rings is 1. The molecular weight excluding hydrogens is 134 g/mol. The van der Waals surface area contributed by atoms with Crippen LogP contribution in [-0.4, -0.2) is 0 Å². The van der Waals surface area contributed by atoms with E-state index in [1.54, 1.807) is 0 Å². The first-order valence-corrected chi connectivity index (χ1v) is 3.73. The topological polar surface area (TPSA) is 26.0 Å². The van der Waals surface area contributed by atoms with Gasteiger partial charge in [0.25, 0.3) is 0 Å². The molecule has 0 spiro atoms. The Morgan fingerprint density at radius 1 is 1.36 bits per heavy atom. The van der Waals surface area contributed by atoms with Gasteiger partial charge in [-0.1, -0.05) is 30.4 Å². The van der Waals surface area contributed by atoms with Crippen LogP contribution in [0, 0.1) is 6.92 Å². The van der Waals surface area contributed by atoms with Gasteiger partial charge in [0.15, 0.2) is 0 Å². The number of para-hydroxylation sites is 1. The summed E-state index contributed by atoms with van der Waals surface area (Å²) in [5.74, 6) is 0. The zero-order valence-corrected chi connectivity index (χ0v) is 6.96. The predicted molar refractivity (Wildman–Crippen MR) is 50.3 cm³/mol. The molecule has 0 heterocycles. The molecule has 0 aromatic heterocycles. The first-order valence-electron chi connectivity index (χ1n) is 3.73. The van der Waals surface area contributed by atoms with Gasteiger partial charge < -0.3 is 5.73 Å². The van der Waals surface area contributed by atoms with Gasteiger partial charge in [-0.15, -0.1) is 0 Å². The molecule has 1 aromatic carbocycles. The van der Waals surface area contributed by atoms with Crippen molar-refractivity contribution in [2.24, 2.45) is 0 Å². The monoisotopic (exact) mass is 147 g/mol. The van der Waals surface area contributed by atoms with E-state index in [0.29, 0.717) is 0 Å². The molecule has 2 N–H and O–H groups in total. The van der Waals surface area contributed by atoms with Crippen molar-refractivity contribution in [3.05, 3.63) is 35.4 Å². The van der Waals surface area contributed by atoms with Crippen molar-refractivity contribution in [1.29, 1.82) is 0 Å². The Balaban J connectivity index is 3.16. The average Bonchev–Trinajstić information content (AvgIpc) is 1.99. The summed E-state index contributed by atoms with van der Waals surface area (Å²) in [6.07, 6.45) is 4.01. The van der Waals surface area contributed by atoms with Gasteiger partial charge in [0.05, 0.1) is 0 Å². The maximum absolute atomic E-state index is 5.82. The maximum atomic E-state index is 5.82. The standard InChI is InChI=1S/C10H13N/c1-3-5-9-7-4-6-8(2)10(9)11/h3-7H,11H2,1-2H3. The number of nitrogen functional groups attached to an aromatic ring is 1. The van der Waals surface area contributed by atoms with Gasteiger partial charge in [-0.2, -0.15) is 0 Å². The van der Waals surface area contributed by atoms with E-state index >= 15 is 0 Å². The molecule has 0 fully saturated rings. The van der Waals surface area contributed by atoms with Gasteiger partial charge in [0, 0.05) is 5.69 Å². The second kappa shape index (κ2) is 3.24. The van der Waals surface area contributed by atoms with Crippen molar-refractivity contribution in [1.82, 2.24) is 0 Å². The van der Waals surface area contributed by atoms with Gasteiger partial charge in [0.2, 0.25) is 0 Å². The van der Waals surface area contributed by atoms with Crippen molar-refractivity contribution in [3.8, 4) is 0 Å². The fraction of sp³-hybridized carbons (Fsp3) is 0.200. The van der Waals surface area contributed by atoms with Crippen molar-refractivity contribution < 1.29 is 0 Å². The highest BCUT2D eigenvalue weighted by atomic mass is 14.6. The zero-order valence-electron chi connectivity index (χ0n) is 6.96. The molecule has 0 unspecified atom stereocenters. The minimum Gasteiger partial charge on any atom is -0.398 e. The predicted octanol–water partition coefficient (Wildman–Crippen LogP) is 2.61. The van der Waals surface area contributed by atoms with E-state index in [2.05, 4.69) is 0 Å². The van der Waals surface area contributed by atoms with Crippen molar-refractivity contribution >= 4 is 11.8 Å². The van der Waals surface area contributed by atoms with Crippen LogP contribution in [0.25, 0.3) is 6.08 Å². The highest BCUT2D eigenvalue weighted by Gasteiger charge is 1.95. The molecule has 11 heavy (non-hydrogen) atoms. The Labute approximate surface area is 67.5 Å². The highest BCUT2D eigenvalue weighted by Crippen LogP contribution is 2.17. The van der Waals surface area contributed by atoms with E-state index in [1.807, 2.05) is 44.2 Å². The minimum atomic E-state index is 0.880. The number of nitrogens with two attached hydrogens (primary N) is 1. The molecular formula is C10H13N. The van der Waals surface area contributed by atoms with Gasteiger partial charge in [-0.05, 0) is 25.0 Å². The molecule has 1 nitrogen and oxygen atoms in total. The molecule has 1 heteroatoms. The van der Waals surface area contributed by atoms with Crippen LogP contribution >= 0.6 is 0 Å². The van der Waals surface area contributed by atoms with Crippen LogP contribution in [0.15, 0.2) is 24.3 Å². The SMILES string of the molecule is CC=Cc1cccc(C)c1N. The van der Waals surface area contributed by atoms with Crippen LogP contribution in [0.2, 0.25) is 0 Å². The molecule has 1 rings (SSSR count). The average molecular weight is 147 g/mol. The summed E-state index contributed by atoms with van der Waals surface area (Å²) in [6.45, 7) is 4.00. The Bertz CT molecular complexity index is 274. The first kappa shape index (κ1) is 7.86. The molecule has 0 bridgehead atoms. The van der Waals surface area contributed by atoms with E-state index in [9.17, 15) is 0 Å². The third kappa shape index (κ3) is 1.61. The summed E-state index contributed by atoms with van der Waals surface area (Å²) < 4.78 is 0. The lowest BCUT2D eigenvalue weighted by atomic mass is 10.1. The maximum Gasteiger partial charge on any atom is 0.0417 e. The third-order valence-corrected chi connectivity index (χ3v) is 1.70. The van der Waals surface area contributed by atoms with Crippen LogP contribution in [0.4, 0.5) is 5.69 Å². The Morgan fingerprint density at radius 2 is 2.09 bits per heavy atom. The van der Waals surface area contributed by atoms with Crippen molar-refractivity contribution in [2.75, 3.05) is 5.73 Å². The van der Waals surface area contributed by atoms with Gasteiger partial charge >= 0.3 is 0 Å². The summed E-state index contributed by atoms with van der Waals surface area (Å²) in [5, 5.41) is 0. The van der Waals surface area contributed by atoms with E-state index in [0.717, 1.165) is 16.8 Å². The lowest BCUT2D eigenvalue weighted by Gasteiger charge is -2.02. The van der Waals surface area contributed by atoms with Gasteiger partial charge in [-0.3, -0.25) is 0 Å². The van der Waals surface area contributed by atoms with E-state index in [4.69, 9.17) is 5.73 Å². The number of anilines is 1. The third-order valence-electron chi connectivity index (χ3n) is 1.70. The molecule has 1 aromatic rings. The Kier molecular flexibility index (Phi) is 2.32. The lowest BCUT2D eigenvalue weighted by Crippen LogP contribution is -1.91. The molecule has 58 valence electrons. The minimum absolute atomic E-state index is 0.880. The molecule has 0 saturated heterocycles. The zero-order chi connectivity index (χ0) is 8.27. The smallest absolute Gasteiger partial charge is 0.0417 e. The van der Waals surface area contributed by atoms with Crippen molar-refractivity contribution in [2.45, 2.75) is 13.8 Å². The fourth-order valence-electron chi connectivity index (χ4n) is 1.03. The van der Waals surface area contributed by atoms with Crippen molar-refractivity contribution in [3.63, 3.8) is 0 Å². The van der Waals surface area contributed by atoms with Crippen LogP contribution < -0.4 is 5.73 Å². The lowest BCUT2D eigenvalue weighted by molar-refractivity contribution is 1.46. The molecule has 0 atom stereocenters. The Hall–Kier alpha value is -1.24. The number of hydrogen-bond acceptors (Lipinski definition) is 1. The molecule has 0 aliphatic heterocycles. The second-order valence-corrected chi connectivity index (χ2v) is 2.58. The summed E-state index contributed by atoms with van der Waals surface area (Å²) in [6, 6.07) is 6.05. The van der Waals surface area contributed by atoms with Crippen LogP contribution in [0.3, 0.4) is 0 Å². The fourth-order valence-corrected chi connectivity index (χ4v) is 1.03. The number of hydrogen-bond donors (Lipinski definition) is 1. The summed E-state index contributed by atoms with van der Waals surface area (Å²) in [5.41, 5.74) is 8.94. The number of allylic oxidation sites excluding steroid dienone is 1. The molecule has 0 radical (unpaired) electrons. The Morgan fingerprint density at radius 3 is 2.73 bits per heavy atom. The summed E-state index contributed by atoms with van der Waals surface area (Å²) in [4.78, 5) is 0. The second-order valence-electron chi connectivity index (χ2n) is 2.58. The van der Waals surface area contributed by atoms with Crippen LogP contribution in [-0.2, 0) is 0 Å². The molecule has 0 amide bonds. The quantitative estimate of drug-likeness (QED) is 0.607. The highest BCUT2D eigenvalue weighted by molar-refractivity contribution is 5.67. The van der Waals surface area contributed by atoms with Crippen LogP contribution in [0.1, 0.15) is 18.1 Å². The number of aryl methyl sites for hydroxylation is 1. The van der Waals surface area contributed by atoms with E-state index in [1.165, 1.54) is 0 Å². The van der Waals surface area contributed by atoms with Crippen LogP contribution in [0.5, 0.6) is 0 Å². The summed E-state index contributed by atoms with van der Waals surface area (Å²) in [7, 11) is 0. The molecule has 0 aliphatic rings. The number of rotatable bonds is 1. The normalized spacial score (nSPS) is 10.7. The van der Waals surface area contributed by atoms with E-state index < -0.39 is 0 Å². The summed E-state index contributed by atoms with van der Waals surface area (Å²) >= 11 is 0. The largest absolute Gasteiger partial charge is 0.398 e. The molecule has 0 aliphatic carbocycles. The van der Waals surface area contributed by atoms with Gasteiger partial charge in [0.1, 0.15) is 0 Å². The van der Waals surface area contributed by atoms with E-state index in [-0.39, 0.29) is 0 Å². The first-order chi connectivity index (χ1) is 5.25. The molecule has 0 saturated carbocycles.